The smallest absolute Gasteiger partial charge is 0.350 e. The van der Waals surface area contributed by atoms with Crippen LogP contribution in [0.1, 0.15) is 35.4 Å². The van der Waals surface area contributed by atoms with Crippen LogP contribution in [-0.2, 0) is 24.1 Å². The van der Waals surface area contributed by atoms with Crippen LogP contribution >= 0.6 is 23.5 Å². The van der Waals surface area contributed by atoms with Crippen LogP contribution < -0.4 is 5.32 Å². The Bertz CT molecular complexity index is 1170. The average Bonchev–Trinajstić information content (AvgIpc) is 3.23. The maximum absolute atomic E-state index is 14.5. The van der Waals surface area contributed by atoms with E-state index in [0.29, 0.717) is 28.4 Å². The van der Waals surface area contributed by atoms with E-state index in [1.807, 2.05) is 17.6 Å². The van der Waals surface area contributed by atoms with Gasteiger partial charge in [0.05, 0.1) is 23.8 Å². The summed E-state index contributed by atoms with van der Waals surface area (Å²) in [6, 6.07) is 11.7. The number of alkyl halides is 3. The van der Waals surface area contributed by atoms with E-state index in [9.17, 15) is 22.4 Å². The number of amides is 1. The molecule has 0 radical (unpaired) electrons. The van der Waals surface area contributed by atoms with Gasteiger partial charge in [-0.1, -0.05) is 41.7 Å². The summed E-state index contributed by atoms with van der Waals surface area (Å²) < 4.78 is 57.3. The molecule has 0 aliphatic heterocycles. The van der Waals surface area contributed by atoms with Crippen molar-refractivity contribution in [2.45, 2.75) is 32.1 Å². The largest absolute Gasteiger partial charge is 0.435 e. The predicted molar refractivity (Wildman–Crippen MR) is 125 cm³/mol. The fourth-order valence-electron chi connectivity index (χ4n) is 3.26. The van der Waals surface area contributed by atoms with Crippen molar-refractivity contribution in [3.63, 3.8) is 0 Å². The molecule has 0 aliphatic carbocycles. The van der Waals surface area contributed by atoms with Crippen molar-refractivity contribution < 1.29 is 22.4 Å². The molecule has 0 bridgehead atoms. The van der Waals surface area contributed by atoms with Crippen molar-refractivity contribution in [3.05, 3.63) is 81.9 Å². The minimum absolute atomic E-state index is 0.122. The maximum atomic E-state index is 14.5. The first-order valence-corrected chi connectivity index (χ1v) is 11.8. The number of halogens is 5. The Morgan fingerprint density at radius 1 is 1.24 bits per heavy atom. The van der Waals surface area contributed by atoms with Crippen molar-refractivity contribution in [1.82, 2.24) is 19.4 Å². The van der Waals surface area contributed by atoms with Crippen molar-refractivity contribution in [2.75, 3.05) is 13.3 Å². The minimum Gasteiger partial charge on any atom is -0.350 e. The summed E-state index contributed by atoms with van der Waals surface area (Å²) in [5.41, 5.74) is 0.325. The lowest BCUT2D eigenvalue weighted by molar-refractivity contribution is -0.141. The molecule has 1 aromatic heterocycles. The van der Waals surface area contributed by atoms with Crippen LogP contribution in [0.3, 0.4) is 0 Å². The van der Waals surface area contributed by atoms with Crippen LogP contribution in [0.15, 0.2) is 48.5 Å². The Labute approximate surface area is 204 Å². The zero-order valence-electron chi connectivity index (χ0n) is 18.7. The molecule has 0 saturated carbocycles. The van der Waals surface area contributed by atoms with E-state index in [-0.39, 0.29) is 12.2 Å². The summed E-state index contributed by atoms with van der Waals surface area (Å²) in [6.07, 6.45) is -2.77. The topological polar surface area (TPSA) is 50.2 Å². The second-order valence-corrected chi connectivity index (χ2v) is 9.09. The van der Waals surface area contributed by atoms with Crippen LogP contribution in [0.25, 0.3) is 5.69 Å². The lowest BCUT2D eigenvalue weighted by atomic mass is 9.98. The molecule has 34 heavy (non-hydrogen) atoms. The molecule has 0 aliphatic rings. The zero-order valence-corrected chi connectivity index (χ0v) is 20.2. The molecule has 0 spiro atoms. The highest BCUT2D eigenvalue weighted by molar-refractivity contribution is 7.96. The minimum atomic E-state index is -4.65. The van der Waals surface area contributed by atoms with Gasteiger partial charge < -0.3 is 5.32 Å². The van der Waals surface area contributed by atoms with Gasteiger partial charge in [0.2, 0.25) is 5.91 Å². The van der Waals surface area contributed by atoms with E-state index in [1.165, 1.54) is 24.1 Å². The number of aromatic nitrogens is 2. The third-order valence-corrected chi connectivity index (χ3v) is 6.23. The first-order valence-electron chi connectivity index (χ1n) is 10.2. The molecule has 0 saturated heterocycles. The summed E-state index contributed by atoms with van der Waals surface area (Å²) in [5, 5.41) is 6.61. The van der Waals surface area contributed by atoms with E-state index >= 15 is 0 Å². The number of benzene rings is 2. The highest BCUT2D eigenvalue weighted by Gasteiger charge is 2.35. The summed E-state index contributed by atoms with van der Waals surface area (Å²) in [4.78, 5) is 12.7. The Morgan fingerprint density at radius 2 is 1.97 bits per heavy atom. The van der Waals surface area contributed by atoms with Gasteiger partial charge in [0, 0.05) is 17.1 Å². The first-order chi connectivity index (χ1) is 16.0. The van der Waals surface area contributed by atoms with Gasteiger partial charge in [-0.3, -0.25) is 4.79 Å². The second-order valence-electron chi connectivity index (χ2n) is 7.67. The number of carbonyl (C=O) groups is 1. The Balaban J connectivity index is 1.77. The molecular formula is C23H23ClF4N4OS. The molecule has 5 nitrogen and oxygen atoms in total. The SMILES string of the molecule is CSN(C)Cc1ccc(C(C)C(=O)NCc2cc(C(F)(F)F)nn2-c2cccc(Cl)c2)cc1F. The lowest BCUT2D eigenvalue weighted by Crippen LogP contribution is -2.28. The molecule has 1 N–H and O–H groups in total. The number of rotatable bonds is 8. The van der Waals surface area contributed by atoms with Crippen LogP contribution in [0.4, 0.5) is 17.6 Å². The van der Waals surface area contributed by atoms with E-state index < -0.39 is 29.5 Å². The second kappa shape index (κ2) is 10.8. The van der Waals surface area contributed by atoms with Crippen LogP contribution in [-0.4, -0.2) is 33.3 Å². The third-order valence-electron chi connectivity index (χ3n) is 5.25. The lowest BCUT2D eigenvalue weighted by Gasteiger charge is -2.16. The number of nitrogens with zero attached hydrogens (tertiary/aromatic N) is 3. The molecule has 1 unspecified atom stereocenters. The standard InChI is InChI=1S/C23H23ClF4N4OS/c1-14(15-7-8-16(20(25)9-15)13-31(2)34-3)22(33)29-12-19-11-21(23(26,27)28)30-32(19)18-6-4-5-17(24)10-18/h4-11,14H,12-13H2,1-3H3,(H,29,33). The molecule has 1 heterocycles. The van der Waals surface area contributed by atoms with Crippen molar-refractivity contribution >= 4 is 29.5 Å². The Kier molecular flexibility index (Phi) is 8.27. The molecule has 1 amide bonds. The quantitative estimate of drug-likeness (QED) is 0.304. The highest BCUT2D eigenvalue weighted by Crippen LogP contribution is 2.30. The third kappa shape index (κ3) is 6.31. The van der Waals surface area contributed by atoms with Crippen molar-refractivity contribution in [2.24, 2.45) is 0 Å². The molecule has 182 valence electrons. The van der Waals surface area contributed by atoms with Crippen molar-refractivity contribution in [3.8, 4) is 5.69 Å². The van der Waals surface area contributed by atoms with Gasteiger partial charge in [-0.2, -0.15) is 18.3 Å². The van der Waals surface area contributed by atoms with Gasteiger partial charge in [-0.15, -0.1) is 0 Å². The Hall–Kier alpha value is -2.56. The fourth-order valence-corrected chi connectivity index (χ4v) is 3.72. The summed E-state index contributed by atoms with van der Waals surface area (Å²) in [6.45, 7) is 1.80. The average molecular weight is 515 g/mol. The van der Waals surface area contributed by atoms with Gasteiger partial charge in [0.15, 0.2) is 5.69 Å². The van der Waals surface area contributed by atoms with Crippen LogP contribution in [0.2, 0.25) is 5.02 Å². The van der Waals surface area contributed by atoms with Gasteiger partial charge >= 0.3 is 6.18 Å². The highest BCUT2D eigenvalue weighted by atomic mass is 35.5. The van der Waals surface area contributed by atoms with E-state index in [1.54, 1.807) is 37.3 Å². The van der Waals surface area contributed by atoms with E-state index in [4.69, 9.17) is 11.6 Å². The van der Waals surface area contributed by atoms with Gasteiger partial charge in [0.1, 0.15) is 5.82 Å². The van der Waals surface area contributed by atoms with Gasteiger partial charge in [-0.25, -0.2) is 13.4 Å². The van der Waals surface area contributed by atoms with E-state index in [2.05, 4.69) is 10.4 Å². The monoisotopic (exact) mass is 514 g/mol. The molecule has 0 fully saturated rings. The Morgan fingerprint density at radius 3 is 2.59 bits per heavy atom. The number of carbonyl (C=O) groups excluding carboxylic acids is 1. The maximum Gasteiger partial charge on any atom is 0.435 e. The molecule has 3 rings (SSSR count). The number of hydrogen-bond acceptors (Lipinski definition) is 4. The molecular weight excluding hydrogens is 492 g/mol. The zero-order chi connectivity index (χ0) is 25.0. The summed E-state index contributed by atoms with van der Waals surface area (Å²) in [5.74, 6) is -1.60. The molecule has 11 heteroatoms. The number of hydrogen-bond donors (Lipinski definition) is 1. The van der Waals surface area contributed by atoms with Gasteiger partial charge in [0.25, 0.3) is 0 Å². The first kappa shape index (κ1) is 26.1. The normalized spacial score (nSPS) is 12.7. The summed E-state index contributed by atoms with van der Waals surface area (Å²) in [7, 11) is 1.84. The van der Waals surface area contributed by atoms with E-state index in [0.717, 1.165) is 10.7 Å². The number of nitrogens with one attached hydrogen (secondary N) is 1. The fraction of sp³-hybridized carbons (Fsp3) is 0.304. The summed E-state index contributed by atoms with van der Waals surface area (Å²) >= 11 is 7.44. The predicted octanol–water partition coefficient (Wildman–Crippen LogP) is 5.81. The molecule has 3 aromatic rings. The van der Waals surface area contributed by atoms with Crippen molar-refractivity contribution in [1.29, 1.82) is 0 Å². The molecule has 2 aromatic carbocycles. The van der Waals surface area contributed by atoms with Crippen LogP contribution in [0.5, 0.6) is 0 Å². The van der Waals surface area contributed by atoms with Gasteiger partial charge in [-0.05, 0) is 56.1 Å². The molecule has 1 atom stereocenters. The van der Waals surface area contributed by atoms with Crippen LogP contribution in [0, 0.1) is 5.82 Å².